The van der Waals surface area contributed by atoms with E-state index in [9.17, 15) is 0 Å². The molecule has 0 spiro atoms. The van der Waals surface area contributed by atoms with E-state index in [1.807, 2.05) is 5.38 Å². The summed E-state index contributed by atoms with van der Waals surface area (Å²) in [4.78, 5) is 9.81. The van der Waals surface area contributed by atoms with Crippen molar-refractivity contribution in [2.75, 3.05) is 0 Å². The van der Waals surface area contributed by atoms with Crippen LogP contribution < -0.4 is 5.73 Å². The van der Waals surface area contributed by atoms with Crippen LogP contribution in [0.2, 0.25) is 0 Å². The van der Waals surface area contributed by atoms with E-state index >= 15 is 0 Å². The zero-order chi connectivity index (χ0) is 14.3. The Morgan fingerprint density at radius 3 is 2.90 bits per heavy atom. The second kappa shape index (κ2) is 5.01. The Bertz CT molecular complexity index is 741. The molecular formula is C14H14N4OS2. The van der Waals surface area contributed by atoms with Crippen molar-refractivity contribution in [2.24, 2.45) is 5.73 Å². The molecule has 21 heavy (non-hydrogen) atoms. The van der Waals surface area contributed by atoms with Crippen molar-refractivity contribution in [1.29, 1.82) is 0 Å². The van der Waals surface area contributed by atoms with E-state index in [0.717, 1.165) is 41.1 Å². The van der Waals surface area contributed by atoms with Gasteiger partial charge in [-0.1, -0.05) is 18.0 Å². The fourth-order valence-electron chi connectivity index (χ4n) is 2.65. The number of nitrogens with zero attached hydrogens (tertiary/aromatic N) is 3. The summed E-state index contributed by atoms with van der Waals surface area (Å²) in [6.45, 7) is 0. The molecule has 3 aromatic heterocycles. The Kier molecular flexibility index (Phi) is 3.13. The van der Waals surface area contributed by atoms with Crippen LogP contribution in [0.4, 0.5) is 0 Å². The largest absolute Gasteiger partial charge is 0.333 e. The lowest BCUT2D eigenvalue weighted by Gasteiger charge is -2.17. The molecule has 5 nitrogen and oxygen atoms in total. The second-order valence-electron chi connectivity index (χ2n) is 5.33. The minimum absolute atomic E-state index is 0.414. The summed E-state index contributed by atoms with van der Waals surface area (Å²) >= 11 is 3.22. The third-order valence-corrected chi connectivity index (χ3v) is 5.57. The molecule has 0 aromatic carbocycles. The van der Waals surface area contributed by atoms with Crippen LogP contribution in [0.5, 0.6) is 0 Å². The van der Waals surface area contributed by atoms with Crippen molar-refractivity contribution < 1.29 is 4.52 Å². The Hall–Kier alpha value is -1.57. The number of thiophene rings is 1. The van der Waals surface area contributed by atoms with Gasteiger partial charge in [-0.15, -0.1) is 11.3 Å². The summed E-state index contributed by atoms with van der Waals surface area (Å²) in [5.41, 5.74) is 7.07. The zero-order valence-electron chi connectivity index (χ0n) is 11.3. The smallest absolute Gasteiger partial charge is 0.269 e. The maximum Gasteiger partial charge on any atom is 0.269 e. The maximum absolute atomic E-state index is 6.36. The molecule has 1 fully saturated rings. The summed E-state index contributed by atoms with van der Waals surface area (Å²) in [5, 5.41) is 9.17. The minimum Gasteiger partial charge on any atom is -0.333 e. The summed E-state index contributed by atoms with van der Waals surface area (Å²) in [6, 6.07) is 2.06. The number of nitrogens with two attached hydrogens (primary N) is 1. The van der Waals surface area contributed by atoms with Crippen LogP contribution in [0.1, 0.15) is 31.5 Å². The molecule has 0 saturated heterocycles. The van der Waals surface area contributed by atoms with Gasteiger partial charge in [0.25, 0.3) is 5.89 Å². The number of thiazole rings is 1. The first kappa shape index (κ1) is 13.1. The SMILES string of the molecule is NC1(c2noc(-c3cnc(-c4ccsc4)s3)n2)CCCC1. The average Bonchev–Trinajstić information content (AvgIpc) is 3.25. The molecule has 2 N–H and O–H groups in total. The van der Waals surface area contributed by atoms with Crippen molar-refractivity contribution in [1.82, 2.24) is 15.1 Å². The standard InChI is InChI=1S/C14H14N4OS2/c15-14(4-1-2-5-14)13-17-11(19-18-13)10-7-16-12(21-10)9-3-6-20-8-9/h3,6-8H,1-2,4-5,15H2. The monoisotopic (exact) mass is 318 g/mol. The molecule has 0 aliphatic heterocycles. The normalized spacial score (nSPS) is 17.4. The Balaban J connectivity index is 1.64. The lowest BCUT2D eigenvalue weighted by molar-refractivity contribution is 0.373. The summed E-state index contributed by atoms with van der Waals surface area (Å²) < 4.78 is 5.39. The van der Waals surface area contributed by atoms with Gasteiger partial charge in [-0.3, -0.25) is 0 Å². The fourth-order valence-corrected chi connectivity index (χ4v) is 4.20. The van der Waals surface area contributed by atoms with Crippen molar-refractivity contribution in [3.63, 3.8) is 0 Å². The molecule has 0 unspecified atom stereocenters. The van der Waals surface area contributed by atoms with Gasteiger partial charge >= 0.3 is 0 Å². The van der Waals surface area contributed by atoms with E-state index in [2.05, 4.69) is 26.6 Å². The maximum atomic E-state index is 6.36. The highest BCUT2D eigenvalue weighted by Crippen LogP contribution is 2.37. The first-order chi connectivity index (χ1) is 10.2. The number of rotatable bonds is 3. The average molecular weight is 318 g/mol. The van der Waals surface area contributed by atoms with Gasteiger partial charge in [-0.05, 0) is 24.3 Å². The molecular weight excluding hydrogens is 304 g/mol. The highest BCUT2D eigenvalue weighted by molar-refractivity contribution is 7.18. The van der Waals surface area contributed by atoms with Crippen molar-refractivity contribution in [3.8, 4) is 21.3 Å². The van der Waals surface area contributed by atoms with E-state index in [1.165, 1.54) is 0 Å². The van der Waals surface area contributed by atoms with Crippen LogP contribution in [0.25, 0.3) is 21.3 Å². The van der Waals surface area contributed by atoms with Crippen LogP contribution in [0.3, 0.4) is 0 Å². The molecule has 0 radical (unpaired) electrons. The number of hydrogen-bond donors (Lipinski definition) is 1. The topological polar surface area (TPSA) is 77.8 Å². The third-order valence-electron chi connectivity index (χ3n) is 3.85. The molecule has 0 atom stereocenters. The van der Waals surface area contributed by atoms with Gasteiger partial charge in [0.05, 0.1) is 11.7 Å². The van der Waals surface area contributed by atoms with Gasteiger partial charge in [0, 0.05) is 10.9 Å². The molecule has 4 rings (SSSR count). The van der Waals surface area contributed by atoms with Crippen molar-refractivity contribution in [2.45, 2.75) is 31.2 Å². The highest BCUT2D eigenvalue weighted by atomic mass is 32.1. The van der Waals surface area contributed by atoms with E-state index in [1.54, 1.807) is 28.9 Å². The molecule has 1 aliphatic rings. The zero-order valence-corrected chi connectivity index (χ0v) is 12.9. The van der Waals surface area contributed by atoms with Crippen LogP contribution in [0, 0.1) is 0 Å². The molecule has 1 aliphatic carbocycles. The number of hydrogen-bond acceptors (Lipinski definition) is 7. The van der Waals surface area contributed by atoms with Crippen LogP contribution in [-0.2, 0) is 5.54 Å². The van der Waals surface area contributed by atoms with Gasteiger partial charge in [0.15, 0.2) is 5.82 Å². The van der Waals surface area contributed by atoms with Crippen molar-refractivity contribution in [3.05, 3.63) is 28.8 Å². The number of aromatic nitrogens is 3. The fraction of sp³-hybridized carbons (Fsp3) is 0.357. The molecule has 0 bridgehead atoms. The molecule has 1 saturated carbocycles. The molecule has 3 aromatic rings. The Labute approximate surface area is 129 Å². The Morgan fingerprint density at radius 2 is 2.14 bits per heavy atom. The van der Waals surface area contributed by atoms with E-state index < -0.39 is 5.54 Å². The Morgan fingerprint density at radius 1 is 1.29 bits per heavy atom. The second-order valence-corrected chi connectivity index (χ2v) is 7.14. The van der Waals surface area contributed by atoms with E-state index in [4.69, 9.17) is 10.3 Å². The lowest BCUT2D eigenvalue weighted by Crippen LogP contribution is -2.34. The van der Waals surface area contributed by atoms with Gasteiger partial charge in [0.1, 0.15) is 9.88 Å². The van der Waals surface area contributed by atoms with Gasteiger partial charge in [-0.25, -0.2) is 4.98 Å². The van der Waals surface area contributed by atoms with E-state index in [-0.39, 0.29) is 0 Å². The first-order valence-electron chi connectivity index (χ1n) is 6.86. The molecule has 3 heterocycles. The first-order valence-corrected chi connectivity index (χ1v) is 8.62. The molecule has 0 amide bonds. The van der Waals surface area contributed by atoms with Crippen LogP contribution in [-0.4, -0.2) is 15.1 Å². The minimum atomic E-state index is -0.414. The molecule has 108 valence electrons. The van der Waals surface area contributed by atoms with Gasteiger partial charge in [0.2, 0.25) is 0 Å². The van der Waals surface area contributed by atoms with E-state index in [0.29, 0.717) is 11.7 Å². The van der Waals surface area contributed by atoms with Gasteiger partial charge < -0.3 is 10.3 Å². The van der Waals surface area contributed by atoms with Crippen molar-refractivity contribution >= 4 is 22.7 Å². The molecule has 7 heteroatoms. The predicted molar refractivity (Wildman–Crippen MR) is 83.1 cm³/mol. The quantitative estimate of drug-likeness (QED) is 0.797. The predicted octanol–water partition coefficient (Wildman–Crippen LogP) is 3.65. The van der Waals surface area contributed by atoms with Gasteiger partial charge in [-0.2, -0.15) is 16.3 Å². The summed E-state index contributed by atoms with van der Waals surface area (Å²) in [7, 11) is 0. The summed E-state index contributed by atoms with van der Waals surface area (Å²) in [6.07, 6.45) is 5.89. The highest BCUT2D eigenvalue weighted by Gasteiger charge is 2.36. The van der Waals surface area contributed by atoms with Crippen LogP contribution in [0.15, 0.2) is 27.5 Å². The van der Waals surface area contributed by atoms with Crippen LogP contribution >= 0.6 is 22.7 Å². The lowest BCUT2D eigenvalue weighted by atomic mass is 9.99. The summed E-state index contributed by atoms with van der Waals surface area (Å²) in [5.74, 6) is 1.14. The third kappa shape index (κ3) is 2.31.